The predicted octanol–water partition coefficient (Wildman–Crippen LogP) is 4.17. The zero-order valence-electron chi connectivity index (χ0n) is 18.9. The highest BCUT2D eigenvalue weighted by Crippen LogP contribution is 2.38. The molecular formula is C27H27N5O2. The first-order valence-corrected chi connectivity index (χ1v) is 11.8. The van der Waals surface area contributed by atoms with E-state index in [1.807, 2.05) is 12.3 Å². The van der Waals surface area contributed by atoms with Gasteiger partial charge in [-0.05, 0) is 66.2 Å². The van der Waals surface area contributed by atoms with Crippen LogP contribution in [0.1, 0.15) is 22.7 Å². The van der Waals surface area contributed by atoms with Crippen molar-refractivity contribution in [3.63, 3.8) is 0 Å². The normalized spacial score (nSPS) is 18.8. The summed E-state index contributed by atoms with van der Waals surface area (Å²) in [5, 5.41) is 6.65. The molecule has 4 heterocycles. The van der Waals surface area contributed by atoms with Gasteiger partial charge in [-0.1, -0.05) is 18.2 Å². The van der Waals surface area contributed by atoms with Crippen LogP contribution in [0.4, 0.5) is 28.7 Å². The maximum Gasteiger partial charge on any atom is 0.146 e. The van der Waals surface area contributed by atoms with Gasteiger partial charge < -0.3 is 30.0 Å². The number of hydrogen-bond acceptors (Lipinski definition) is 7. The van der Waals surface area contributed by atoms with Gasteiger partial charge in [-0.3, -0.25) is 0 Å². The SMILES string of the molecule is O=CC1NC=Cc2cc(N3CCc4ccccc43)nc(Nc3ccc(N4CCOCC4)cc3)c21. The second-order valence-corrected chi connectivity index (χ2v) is 8.75. The van der Waals surface area contributed by atoms with Crippen LogP contribution in [-0.2, 0) is 16.0 Å². The molecule has 172 valence electrons. The van der Waals surface area contributed by atoms with E-state index in [0.717, 1.165) is 68.2 Å². The first-order chi connectivity index (χ1) is 16.8. The first kappa shape index (κ1) is 20.7. The Morgan fingerprint density at radius 3 is 2.71 bits per heavy atom. The van der Waals surface area contributed by atoms with Crippen LogP contribution < -0.4 is 20.4 Å². The molecule has 1 unspecified atom stereocenters. The second kappa shape index (κ2) is 8.83. The number of carbonyl (C=O) groups excluding carboxylic acids is 1. The first-order valence-electron chi connectivity index (χ1n) is 11.8. The predicted molar refractivity (Wildman–Crippen MR) is 135 cm³/mol. The van der Waals surface area contributed by atoms with E-state index in [-0.39, 0.29) is 0 Å². The Morgan fingerprint density at radius 2 is 1.88 bits per heavy atom. The summed E-state index contributed by atoms with van der Waals surface area (Å²) in [6.07, 6.45) is 5.77. The lowest BCUT2D eigenvalue weighted by atomic mass is 9.99. The quantitative estimate of drug-likeness (QED) is 0.562. The highest BCUT2D eigenvalue weighted by Gasteiger charge is 2.26. The maximum absolute atomic E-state index is 11.9. The summed E-state index contributed by atoms with van der Waals surface area (Å²) in [6.45, 7) is 4.21. The zero-order chi connectivity index (χ0) is 22.9. The Bertz CT molecular complexity index is 1230. The van der Waals surface area contributed by atoms with E-state index in [0.29, 0.717) is 5.82 Å². The summed E-state index contributed by atoms with van der Waals surface area (Å²) >= 11 is 0. The van der Waals surface area contributed by atoms with Crippen LogP contribution >= 0.6 is 0 Å². The fourth-order valence-corrected chi connectivity index (χ4v) is 4.98. The van der Waals surface area contributed by atoms with Crippen LogP contribution in [0.2, 0.25) is 0 Å². The fourth-order valence-electron chi connectivity index (χ4n) is 4.98. The second-order valence-electron chi connectivity index (χ2n) is 8.75. The Balaban J connectivity index is 1.36. The molecule has 3 aliphatic heterocycles. The maximum atomic E-state index is 11.9. The van der Waals surface area contributed by atoms with E-state index in [1.165, 1.54) is 16.9 Å². The van der Waals surface area contributed by atoms with Crippen molar-refractivity contribution in [1.29, 1.82) is 0 Å². The summed E-state index contributed by atoms with van der Waals surface area (Å²) in [6, 6.07) is 18.5. The van der Waals surface area contributed by atoms with Gasteiger partial charge in [0.1, 0.15) is 24.0 Å². The molecule has 1 atom stereocenters. The number of benzene rings is 2. The molecule has 1 saturated heterocycles. The Labute approximate surface area is 199 Å². The van der Waals surface area contributed by atoms with Gasteiger partial charge in [-0.2, -0.15) is 0 Å². The minimum atomic E-state index is -0.442. The Hall–Kier alpha value is -3.84. The molecule has 0 spiro atoms. The van der Waals surface area contributed by atoms with Gasteiger partial charge >= 0.3 is 0 Å². The molecule has 7 heteroatoms. The molecule has 1 aromatic heterocycles. The Morgan fingerprint density at radius 1 is 1.06 bits per heavy atom. The fraction of sp³-hybridized carbons (Fsp3) is 0.259. The topological polar surface area (TPSA) is 69.7 Å². The number of carbonyl (C=O) groups is 1. The molecule has 0 bridgehead atoms. The monoisotopic (exact) mass is 453 g/mol. The van der Waals surface area contributed by atoms with Crippen LogP contribution in [0, 0.1) is 0 Å². The van der Waals surface area contributed by atoms with Gasteiger partial charge in [0, 0.05) is 42.3 Å². The van der Waals surface area contributed by atoms with Gasteiger partial charge in [0.25, 0.3) is 0 Å². The van der Waals surface area contributed by atoms with Crippen molar-refractivity contribution >= 4 is 41.1 Å². The molecular weight excluding hydrogens is 426 g/mol. The lowest BCUT2D eigenvalue weighted by molar-refractivity contribution is -0.109. The highest BCUT2D eigenvalue weighted by molar-refractivity contribution is 5.80. The van der Waals surface area contributed by atoms with Crippen molar-refractivity contribution in [2.24, 2.45) is 0 Å². The summed E-state index contributed by atoms with van der Waals surface area (Å²) in [4.78, 5) is 21.5. The van der Waals surface area contributed by atoms with Crippen molar-refractivity contribution < 1.29 is 9.53 Å². The number of nitrogens with one attached hydrogen (secondary N) is 2. The number of anilines is 5. The molecule has 1 fully saturated rings. The average Bonchev–Trinajstić information content (AvgIpc) is 3.33. The van der Waals surface area contributed by atoms with Crippen molar-refractivity contribution in [3.8, 4) is 0 Å². The van der Waals surface area contributed by atoms with E-state index in [4.69, 9.17) is 9.72 Å². The number of rotatable bonds is 5. The summed E-state index contributed by atoms with van der Waals surface area (Å²) in [7, 11) is 0. The summed E-state index contributed by atoms with van der Waals surface area (Å²) in [5.74, 6) is 1.58. The third-order valence-electron chi connectivity index (χ3n) is 6.73. The van der Waals surface area contributed by atoms with Crippen molar-refractivity contribution in [2.45, 2.75) is 12.5 Å². The van der Waals surface area contributed by atoms with E-state index in [9.17, 15) is 4.79 Å². The smallest absolute Gasteiger partial charge is 0.146 e. The number of fused-ring (bicyclic) bond motifs is 2. The van der Waals surface area contributed by atoms with Crippen LogP contribution in [-0.4, -0.2) is 44.1 Å². The third kappa shape index (κ3) is 3.78. The number of pyridine rings is 1. The van der Waals surface area contributed by atoms with Crippen molar-refractivity contribution in [2.75, 3.05) is 48.0 Å². The average molecular weight is 454 g/mol. The number of morpholine rings is 1. The van der Waals surface area contributed by atoms with Gasteiger partial charge in [-0.15, -0.1) is 0 Å². The molecule has 34 heavy (non-hydrogen) atoms. The van der Waals surface area contributed by atoms with E-state index >= 15 is 0 Å². The molecule has 0 aliphatic carbocycles. The van der Waals surface area contributed by atoms with Crippen molar-refractivity contribution in [3.05, 3.63) is 77.5 Å². The number of aromatic nitrogens is 1. The molecule has 7 nitrogen and oxygen atoms in total. The number of nitrogens with zero attached hydrogens (tertiary/aromatic N) is 3. The molecule has 0 amide bonds. The van der Waals surface area contributed by atoms with Crippen LogP contribution in [0.25, 0.3) is 6.08 Å². The van der Waals surface area contributed by atoms with Crippen LogP contribution in [0.15, 0.2) is 60.8 Å². The number of aldehydes is 1. The minimum Gasteiger partial charge on any atom is -0.378 e. The Kier molecular flexibility index (Phi) is 5.39. The molecule has 0 saturated carbocycles. The number of ether oxygens (including phenoxy) is 1. The van der Waals surface area contributed by atoms with E-state index < -0.39 is 6.04 Å². The lowest BCUT2D eigenvalue weighted by Crippen LogP contribution is -2.36. The van der Waals surface area contributed by atoms with Gasteiger partial charge in [0.15, 0.2) is 0 Å². The largest absolute Gasteiger partial charge is 0.378 e. The summed E-state index contributed by atoms with van der Waals surface area (Å²) in [5.41, 5.74) is 6.51. The van der Waals surface area contributed by atoms with Crippen LogP contribution in [0.5, 0.6) is 0 Å². The van der Waals surface area contributed by atoms with Gasteiger partial charge in [-0.25, -0.2) is 4.98 Å². The molecule has 0 radical (unpaired) electrons. The van der Waals surface area contributed by atoms with E-state index in [2.05, 4.69) is 75.0 Å². The lowest BCUT2D eigenvalue weighted by Gasteiger charge is -2.29. The highest BCUT2D eigenvalue weighted by atomic mass is 16.5. The molecule has 2 aromatic carbocycles. The van der Waals surface area contributed by atoms with Gasteiger partial charge in [0.05, 0.1) is 13.2 Å². The molecule has 3 aromatic rings. The van der Waals surface area contributed by atoms with Gasteiger partial charge in [0.2, 0.25) is 0 Å². The number of hydrogen-bond donors (Lipinski definition) is 2. The number of para-hydroxylation sites is 1. The zero-order valence-corrected chi connectivity index (χ0v) is 18.9. The summed E-state index contributed by atoms with van der Waals surface area (Å²) < 4.78 is 5.47. The molecule has 6 rings (SSSR count). The van der Waals surface area contributed by atoms with E-state index in [1.54, 1.807) is 0 Å². The molecule has 2 N–H and O–H groups in total. The standard InChI is InChI=1S/C27H27N5O2/c33-18-23-26-20(9-11-28-23)17-25(32-12-10-19-3-1-2-4-24(19)32)30-27(26)29-21-5-7-22(8-6-21)31-13-15-34-16-14-31/h1-9,11,17-18,23,28H,10,12-16H2,(H,29,30). The van der Waals surface area contributed by atoms with Crippen molar-refractivity contribution in [1.82, 2.24) is 10.3 Å². The molecule has 3 aliphatic rings. The third-order valence-corrected chi connectivity index (χ3v) is 6.73. The minimum absolute atomic E-state index is 0.442. The van der Waals surface area contributed by atoms with Crippen LogP contribution in [0.3, 0.4) is 0 Å².